The molecule has 0 fully saturated rings. The summed E-state index contributed by atoms with van der Waals surface area (Å²) in [6.45, 7) is 0.457. The lowest BCUT2D eigenvalue weighted by Gasteiger charge is -2.15. The number of esters is 1. The number of nitrogens with two attached hydrogens (primary N) is 1. The predicted octanol–water partition coefficient (Wildman–Crippen LogP) is 1.07. The number of rotatable bonds is 4. The van der Waals surface area contributed by atoms with Gasteiger partial charge in [-0.25, -0.2) is 4.79 Å². The van der Waals surface area contributed by atoms with Crippen molar-refractivity contribution in [3.05, 3.63) is 0 Å². The lowest BCUT2D eigenvalue weighted by molar-refractivity contribution is -0.141. The van der Waals surface area contributed by atoms with Crippen LogP contribution in [0.15, 0.2) is 0 Å². The van der Waals surface area contributed by atoms with Gasteiger partial charge in [0.25, 0.3) is 0 Å². The first-order valence-corrected chi connectivity index (χ1v) is 3.96. The van der Waals surface area contributed by atoms with E-state index in [4.69, 9.17) is 28.9 Å². The Morgan fingerprint density at radius 1 is 1.64 bits per heavy atom. The van der Waals surface area contributed by atoms with E-state index in [2.05, 4.69) is 4.74 Å². The van der Waals surface area contributed by atoms with Crippen molar-refractivity contribution in [2.75, 3.05) is 13.7 Å². The summed E-state index contributed by atoms with van der Waals surface area (Å²) in [5.41, 5.74) is 5.21. The van der Waals surface area contributed by atoms with E-state index in [0.29, 0.717) is 19.4 Å². The first kappa shape index (κ1) is 11.0. The zero-order valence-corrected chi connectivity index (χ0v) is 7.78. The number of hydrogen-bond acceptors (Lipinski definition) is 3. The average Bonchev–Trinajstić information content (AvgIpc) is 1.99. The summed E-state index contributed by atoms with van der Waals surface area (Å²) in [6, 6.07) is 0. The van der Waals surface area contributed by atoms with Crippen LogP contribution in [0.4, 0.5) is 0 Å². The SMILES string of the molecule is COC(=O)C(Cl)(Cl)CCCN. The van der Waals surface area contributed by atoms with E-state index in [0.717, 1.165) is 0 Å². The van der Waals surface area contributed by atoms with Gasteiger partial charge < -0.3 is 10.5 Å². The van der Waals surface area contributed by atoms with Gasteiger partial charge in [0.05, 0.1) is 7.11 Å². The highest BCUT2D eigenvalue weighted by molar-refractivity contribution is 6.57. The number of hydrogen-bond donors (Lipinski definition) is 1. The van der Waals surface area contributed by atoms with E-state index in [1.165, 1.54) is 7.11 Å². The number of carbonyl (C=O) groups excluding carboxylic acids is 1. The second-order valence-corrected chi connectivity index (χ2v) is 3.57. The topological polar surface area (TPSA) is 52.3 Å². The van der Waals surface area contributed by atoms with Crippen LogP contribution in [0.3, 0.4) is 0 Å². The van der Waals surface area contributed by atoms with Gasteiger partial charge in [-0.15, -0.1) is 0 Å². The van der Waals surface area contributed by atoms with Gasteiger partial charge in [0.1, 0.15) is 0 Å². The fourth-order valence-corrected chi connectivity index (χ4v) is 0.997. The van der Waals surface area contributed by atoms with Crippen LogP contribution in [0, 0.1) is 0 Å². The molecule has 0 bridgehead atoms. The van der Waals surface area contributed by atoms with Gasteiger partial charge in [-0.3, -0.25) is 0 Å². The molecule has 66 valence electrons. The van der Waals surface area contributed by atoms with Gasteiger partial charge in [0, 0.05) is 0 Å². The van der Waals surface area contributed by atoms with Crippen molar-refractivity contribution in [2.24, 2.45) is 5.73 Å². The van der Waals surface area contributed by atoms with E-state index in [-0.39, 0.29) is 0 Å². The Kier molecular flexibility index (Phi) is 4.81. The molecular weight excluding hydrogens is 189 g/mol. The number of alkyl halides is 2. The number of halogens is 2. The van der Waals surface area contributed by atoms with Gasteiger partial charge in [-0.1, -0.05) is 23.2 Å². The third kappa shape index (κ3) is 3.79. The lowest BCUT2D eigenvalue weighted by atomic mass is 10.2. The molecule has 0 saturated carbocycles. The van der Waals surface area contributed by atoms with Crippen molar-refractivity contribution in [2.45, 2.75) is 17.2 Å². The van der Waals surface area contributed by atoms with Crippen molar-refractivity contribution in [1.29, 1.82) is 0 Å². The summed E-state index contributed by atoms with van der Waals surface area (Å²) in [7, 11) is 1.24. The molecule has 11 heavy (non-hydrogen) atoms. The second-order valence-electron chi connectivity index (χ2n) is 2.09. The molecule has 0 aliphatic rings. The number of ether oxygens (including phenoxy) is 1. The third-order valence-corrected chi connectivity index (χ3v) is 1.87. The summed E-state index contributed by atoms with van der Waals surface area (Å²) in [6.07, 6.45) is 0.918. The Morgan fingerprint density at radius 3 is 2.55 bits per heavy atom. The molecule has 5 heteroatoms. The van der Waals surface area contributed by atoms with E-state index < -0.39 is 10.3 Å². The van der Waals surface area contributed by atoms with Crippen molar-refractivity contribution in [1.82, 2.24) is 0 Å². The molecule has 0 unspecified atom stereocenters. The largest absolute Gasteiger partial charge is 0.467 e. The highest BCUT2D eigenvalue weighted by Crippen LogP contribution is 2.27. The van der Waals surface area contributed by atoms with E-state index >= 15 is 0 Å². The van der Waals surface area contributed by atoms with Crippen molar-refractivity contribution in [3.63, 3.8) is 0 Å². The van der Waals surface area contributed by atoms with Gasteiger partial charge in [0.2, 0.25) is 4.33 Å². The molecule has 0 radical (unpaired) electrons. The summed E-state index contributed by atoms with van der Waals surface area (Å²) < 4.78 is 2.93. The first-order valence-electron chi connectivity index (χ1n) is 3.21. The number of carbonyl (C=O) groups is 1. The molecular formula is C6H11Cl2NO2. The number of methoxy groups -OCH3 is 1. The normalized spacial score (nSPS) is 11.3. The van der Waals surface area contributed by atoms with E-state index in [9.17, 15) is 4.79 Å². The summed E-state index contributed by atoms with van der Waals surface area (Å²) >= 11 is 11.2. The average molecular weight is 200 g/mol. The van der Waals surface area contributed by atoms with Crippen LogP contribution in [-0.2, 0) is 9.53 Å². The van der Waals surface area contributed by atoms with Crippen LogP contribution in [0.25, 0.3) is 0 Å². The summed E-state index contributed by atoms with van der Waals surface area (Å²) in [5, 5.41) is 0. The third-order valence-electron chi connectivity index (χ3n) is 1.18. The molecule has 0 aromatic carbocycles. The Balaban J connectivity index is 3.88. The van der Waals surface area contributed by atoms with Gasteiger partial charge >= 0.3 is 5.97 Å². The van der Waals surface area contributed by atoms with Gasteiger partial charge in [0.15, 0.2) is 0 Å². The van der Waals surface area contributed by atoms with Crippen LogP contribution in [0.2, 0.25) is 0 Å². The maximum absolute atomic E-state index is 10.8. The fourth-order valence-electron chi connectivity index (χ4n) is 0.575. The fraction of sp³-hybridized carbons (Fsp3) is 0.833. The Hall–Kier alpha value is 0.01000. The molecule has 0 saturated heterocycles. The molecule has 0 spiro atoms. The Bertz CT molecular complexity index is 139. The van der Waals surface area contributed by atoms with Crippen LogP contribution in [-0.4, -0.2) is 24.0 Å². The standard InChI is InChI=1S/C6H11Cl2NO2/c1-11-5(10)6(7,8)3-2-4-9/h2-4,9H2,1H3. The molecule has 0 heterocycles. The van der Waals surface area contributed by atoms with Crippen LogP contribution >= 0.6 is 23.2 Å². The predicted molar refractivity (Wildman–Crippen MR) is 44.7 cm³/mol. The van der Waals surface area contributed by atoms with E-state index in [1.54, 1.807) is 0 Å². The Morgan fingerprint density at radius 2 is 2.18 bits per heavy atom. The quantitative estimate of drug-likeness (QED) is 0.545. The highest BCUT2D eigenvalue weighted by atomic mass is 35.5. The molecule has 0 aromatic heterocycles. The molecule has 0 amide bonds. The summed E-state index contributed by atoms with van der Waals surface area (Å²) in [4.78, 5) is 10.8. The molecule has 0 rings (SSSR count). The zero-order chi connectivity index (χ0) is 8.91. The van der Waals surface area contributed by atoms with Crippen LogP contribution in [0.1, 0.15) is 12.8 Å². The van der Waals surface area contributed by atoms with Crippen LogP contribution < -0.4 is 5.73 Å². The second kappa shape index (κ2) is 4.80. The molecule has 0 atom stereocenters. The van der Waals surface area contributed by atoms with Gasteiger partial charge in [-0.05, 0) is 19.4 Å². The lowest BCUT2D eigenvalue weighted by Crippen LogP contribution is -2.28. The Labute approximate surface area is 75.8 Å². The minimum atomic E-state index is -1.44. The highest BCUT2D eigenvalue weighted by Gasteiger charge is 2.33. The zero-order valence-electron chi connectivity index (χ0n) is 6.27. The molecule has 0 aliphatic carbocycles. The monoisotopic (exact) mass is 199 g/mol. The first-order chi connectivity index (χ1) is 5.04. The molecule has 0 aromatic rings. The van der Waals surface area contributed by atoms with Crippen LogP contribution in [0.5, 0.6) is 0 Å². The maximum atomic E-state index is 10.8. The van der Waals surface area contributed by atoms with E-state index in [1.807, 2.05) is 0 Å². The summed E-state index contributed by atoms with van der Waals surface area (Å²) in [5.74, 6) is -0.630. The van der Waals surface area contributed by atoms with Crippen molar-refractivity contribution >= 4 is 29.2 Å². The molecule has 0 aliphatic heterocycles. The molecule has 3 nitrogen and oxygen atoms in total. The van der Waals surface area contributed by atoms with Crippen molar-refractivity contribution < 1.29 is 9.53 Å². The minimum Gasteiger partial charge on any atom is -0.467 e. The van der Waals surface area contributed by atoms with Crippen molar-refractivity contribution in [3.8, 4) is 0 Å². The van der Waals surface area contributed by atoms with Gasteiger partial charge in [-0.2, -0.15) is 0 Å². The minimum absolute atomic E-state index is 0.319. The maximum Gasteiger partial charge on any atom is 0.342 e. The molecule has 2 N–H and O–H groups in total. The smallest absolute Gasteiger partial charge is 0.342 e.